The highest BCUT2D eigenvalue weighted by Gasteiger charge is 2.24. The molecule has 0 aliphatic carbocycles. The molecule has 2 heterocycles. The first-order chi connectivity index (χ1) is 10.6. The molecule has 2 aromatic rings. The van der Waals surface area contributed by atoms with Crippen LogP contribution in [0.25, 0.3) is 0 Å². The molecule has 1 aromatic heterocycles. The number of carbonyl (C=O) groups is 1. The Morgan fingerprint density at radius 3 is 2.64 bits per heavy atom. The van der Waals surface area contributed by atoms with E-state index in [0.29, 0.717) is 19.0 Å². The predicted molar refractivity (Wildman–Crippen MR) is 77.2 cm³/mol. The molecule has 0 radical (unpaired) electrons. The van der Waals surface area contributed by atoms with E-state index < -0.39 is 11.6 Å². The predicted octanol–water partition coefficient (Wildman–Crippen LogP) is 2.71. The number of hydrogen-bond donors (Lipinski definition) is 0. The van der Waals surface area contributed by atoms with Crippen LogP contribution in [0.1, 0.15) is 23.2 Å². The Kier molecular flexibility index (Phi) is 4.18. The average Bonchev–Trinajstić information content (AvgIpc) is 3.03. The minimum absolute atomic E-state index is 0.199. The van der Waals surface area contributed by atoms with Gasteiger partial charge in [0, 0.05) is 37.6 Å². The Hall–Kier alpha value is -2.24. The van der Waals surface area contributed by atoms with Crippen LogP contribution in [-0.4, -0.2) is 33.7 Å². The van der Waals surface area contributed by atoms with Gasteiger partial charge in [-0.05, 0) is 43.0 Å². The number of carbonyl (C=O) groups excluding carboxylic acids is 1. The van der Waals surface area contributed by atoms with Gasteiger partial charge in [-0.1, -0.05) is 0 Å². The Balaban J connectivity index is 1.58. The van der Waals surface area contributed by atoms with Gasteiger partial charge in [0.1, 0.15) is 0 Å². The molecular formula is C16H17F2N3O. The Bertz CT molecular complexity index is 649. The fraction of sp³-hybridized carbons (Fsp3) is 0.375. The van der Waals surface area contributed by atoms with Crippen LogP contribution < -0.4 is 0 Å². The van der Waals surface area contributed by atoms with Crippen molar-refractivity contribution in [3.8, 4) is 0 Å². The molecule has 1 aromatic carbocycles. The number of aromatic nitrogens is 2. The van der Waals surface area contributed by atoms with E-state index in [-0.39, 0.29) is 11.5 Å². The van der Waals surface area contributed by atoms with Crippen molar-refractivity contribution in [2.75, 3.05) is 13.1 Å². The molecule has 0 bridgehead atoms. The first-order valence-electron chi connectivity index (χ1n) is 7.35. The number of hydrogen-bond acceptors (Lipinski definition) is 2. The summed E-state index contributed by atoms with van der Waals surface area (Å²) in [7, 11) is 0. The van der Waals surface area contributed by atoms with Crippen molar-refractivity contribution in [1.82, 2.24) is 14.7 Å². The highest BCUT2D eigenvalue weighted by Crippen LogP contribution is 2.21. The van der Waals surface area contributed by atoms with E-state index in [1.807, 2.05) is 16.9 Å². The standard InChI is InChI=1S/C16H17F2N3O/c17-14-3-2-13(10-15(14)18)16(22)20-8-4-12(5-9-20)11-21-7-1-6-19-21/h1-3,6-7,10,12H,4-5,8-9,11H2. The minimum atomic E-state index is -0.987. The Morgan fingerprint density at radius 1 is 1.23 bits per heavy atom. The van der Waals surface area contributed by atoms with Gasteiger partial charge in [0.15, 0.2) is 11.6 Å². The van der Waals surface area contributed by atoms with Gasteiger partial charge in [-0.25, -0.2) is 8.78 Å². The fourth-order valence-electron chi connectivity index (χ4n) is 2.80. The monoisotopic (exact) mass is 305 g/mol. The van der Waals surface area contributed by atoms with Gasteiger partial charge in [-0.2, -0.15) is 5.10 Å². The van der Waals surface area contributed by atoms with E-state index in [1.54, 1.807) is 11.1 Å². The summed E-state index contributed by atoms with van der Waals surface area (Å²) in [5.41, 5.74) is 0.199. The van der Waals surface area contributed by atoms with Gasteiger partial charge in [0.05, 0.1) is 0 Å². The minimum Gasteiger partial charge on any atom is -0.339 e. The SMILES string of the molecule is O=C(c1ccc(F)c(F)c1)N1CCC(Cn2cccn2)CC1. The van der Waals surface area contributed by atoms with Crippen molar-refractivity contribution in [2.45, 2.75) is 19.4 Å². The maximum absolute atomic E-state index is 13.2. The first kappa shape index (κ1) is 14.7. The van der Waals surface area contributed by atoms with Crippen LogP contribution >= 0.6 is 0 Å². The summed E-state index contributed by atoms with van der Waals surface area (Å²) < 4.78 is 28.1. The van der Waals surface area contributed by atoms with Gasteiger partial charge in [0.25, 0.3) is 5.91 Å². The number of nitrogens with zero attached hydrogens (tertiary/aromatic N) is 3. The summed E-state index contributed by atoms with van der Waals surface area (Å²) in [6, 6.07) is 5.18. The van der Waals surface area contributed by atoms with E-state index in [1.165, 1.54) is 6.07 Å². The molecule has 0 N–H and O–H groups in total. The number of halogens is 2. The van der Waals surface area contributed by atoms with Crippen LogP contribution in [0.5, 0.6) is 0 Å². The number of likely N-dealkylation sites (tertiary alicyclic amines) is 1. The zero-order chi connectivity index (χ0) is 15.5. The van der Waals surface area contributed by atoms with Crippen molar-refractivity contribution >= 4 is 5.91 Å². The average molecular weight is 305 g/mol. The van der Waals surface area contributed by atoms with Gasteiger partial charge < -0.3 is 4.90 Å². The second-order valence-corrected chi connectivity index (χ2v) is 5.59. The largest absolute Gasteiger partial charge is 0.339 e. The third-order valence-electron chi connectivity index (χ3n) is 4.07. The van der Waals surface area contributed by atoms with E-state index in [2.05, 4.69) is 5.10 Å². The summed E-state index contributed by atoms with van der Waals surface area (Å²) in [6.45, 7) is 2.10. The van der Waals surface area contributed by atoms with Crippen LogP contribution in [0.2, 0.25) is 0 Å². The molecule has 1 aliphatic rings. The van der Waals surface area contributed by atoms with Gasteiger partial charge in [0.2, 0.25) is 0 Å². The highest BCUT2D eigenvalue weighted by molar-refractivity contribution is 5.94. The van der Waals surface area contributed by atoms with Crippen molar-refractivity contribution in [3.63, 3.8) is 0 Å². The third kappa shape index (κ3) is 3.16. The molecule has 1 aliphatic heterocycles. The lowest BCUT2D eigenvalue weighted by Crippen LogP contribution is -2.39. The fourth-order valence-corrected chi connectivity index (χ4v) is 2.80. The lowest BCUT2D eigenvalue weighted by molar-refractivity contribution is 0.0680. The molecule has 1 fully saturated rings. The number of rotatable bonds is 3. The van der Waals surface area contributed by atoms with Crippen LogP contribution in [0.4, 0.5) is 8.78 Å². The molecule has 0 spiro atoms. The molecule has 1 amide bonds. The number of benzene rings is 1. The zero-order valence-electron chi connectivity index (χ0n) is 12.1. The van der Waals surface area contributed by atoms with Crippen LogP contribution in [0.15, 0.2) is 36.7 Å². The maximum Gasteiger partial charge on any atom is 0.253 e. The lowest BCUT2D eigenvalue weighted by Gasteiger charge is -2.32. The van der Waals surface area contributed by atoms with Crippen LogP contribution in [-0.2, 0) is 6.54 Å². The second-order valence-electron chi connectivity index (χ2n) is 5.59. The topological polar surface area (TPSA) is 38.1 Å². The van der Waals surface area contributed by atoms with Crippen LogP contribution in [0.3, 0.4) is 0 Å². The quantitative estimate of drug-likeness (QED) is 0.874. The highest BCUT2D eigenvalue weighted by atomic mass is 19.2. The van der Waals surface area contributed by atoms with Gasteiger partial charge >= 0.3 is 0 Å². The Labute approximate surface area is 127 Å². The van der Waals surface area contributed by atoms with Crippen molar-refractivity contribution < 1.29 is 13.6 Å². The molecule has 4 nitrogen and oxygen atoms in total. The maximum atomic E-state index is 13.2. The third-order valence-corrected chi connectivity index (χ3v) is 4.07. The summed E-state index contributed by atoms with van der Waals surface area (Å²) in [6.07, 6.45) is 5.45. The molecule has 0 saturated carbocycles. The lowest BCUT2D eigenvalue weighted by atomic mass is 9.96. The molecule has 0 unspecified atom stereocenters. The molecule has 116 valence electrons. The molecule has 3 rings (SSSR count). The summed E-state index contributed by atoms with van der Waals surface area (Å²) in [5, 5.41) is 4.19. The van der Waals surface area contributed by atoms with Crippen molar-refractivity contribution in [1.29, 1.82) is 0 Å². The first-order valence-corrected chi connectivity index (χ1v) is 7.35. The van der Waals surface area contributed by atoms with E-state index >= 15 is 0 Å². The molecular weight excluding hydrogens is 288 g/mol. The van der Waals surface area contributed by atoms with Gasteiger partial charge in [-0.3, -0.25) is 9.48 Å². The van der Waals surface area contributed by atoms with E-state index in [4.69, 9.17) is 0 Å². The van der Waals surface area contributed by atoms with Crippen molar-refractivity contribution in [2.24, 2.45) is 5.92 Å². The number of amides is 1. The number of piperidine rings is 1. The molecule has 1 saturated heterocycles. The van der Waals surface area contributed by atoms with Crippen LogP contribution in [0, 0.1) is 17.6 Å². The Morgan fingerprint density at radius 2 is 2.00 bits per heavy atom. The molecule has 22 heavy (non-hydrogen) atoms. The van der Waals surface area contributed by atoms with Crippen molar-refractivity contribution in [3.05, 3.63) is 53.9 Å². The zero-order valence-corrected chi connectivity index (χ0v) is 12.1. The normalized spacial score (nSPS) is 16.0. The molecule has 6 heteroatoms. The van der Waals surface area contributed by atoms with E-state index in [9.17, 15) is 13.6 Å². The summed E-state index contributed by atoms with van der Waals surface area (Å²) in [4.78, 5) is 14.0. The van der Waals surface area contributed by atoms with Gasteiger partial charge in [-0.15, -0.1) is 0 Å². The van der Waals surface area contributed by atoms with E-state index in [0.717, 1.165) is 31.5 Å². The smallest absolute Gasteiger partial charge is 0.253 e. The second kappa shape index (κ2) is 6.25. The molecule has 0 atom stereocenters. The summed E-state index contributed by atoms with van der Waals surface area (Å²) >= 11 is 0. The summed E-state index contributed by atoms with van der Waals surface area (Å²) in [5.74, 6) is -1.68.